The summed E-state index contributed by atoms with van der Waals surface area (Å²) in [5.41, 5.74) is 0. The van der Waals surface area contributed by atoms with E-state index >= 15 is 0 Å². The fraction of sp³-hybridized carbons (Fsp3) is 0.818. The molecule has 0 saturated carbocycles. The predicted molar refractivity (Wildman–Crippen MR) is 63.4 cm³/mol. The summed E-state index contributed by atoms with van der Waals surface area (Å²) in [7, 11) is 0. The van der Waals surface area contributed by atoms with E-state index in [1.807, 2.05) is 27.7 Å². The fourth-order valence-electron chi connectivity index (χ4n) is 2.45. The second-order valence-electron chi connectivity index (χ2n) is 4.93. The Labute approximate surface area is 106 Å². The largest absolute Gasteiger partial charge is 0.374 e. The maximum atomic E-state index is 12.2. The van der Waals surface area contributed by atoms with Crippen molar-refractivity contribution in [2.24, 2.45) is 11.8 Å². The zero-order valence-electron chi connectivity index (χ0n) is 11.0. The molecular formula is C11H19N5O2. The highest BCUT2D eigenvalue weighted by Gasteiger charge is 2.41. The molecule has 1 amide bonds. The molecule has 0 radical (unpaired) electrons. The van der Waals surface area contributed by atoms with Crippen LogP contribution in [0.25, 0.3) is 0 Å². The van der Waals surface area contributed by atoms with Gasteiger partial charge in [0.15, 0.2) is 5.82 Å². The third-order valence-corrected chi connectivity index (χ3v) is 3.65. The summed E-state index contributed by atoms with van der Waals surface area (Å²) in [5.74, 6) is 0.541. The van der Waals surface area contributed by atoms with Crippen LogP contribution >= 0.6 is 0 Å². The van der Waals surface area contributed by atoms with E-state index in [1.54, 1.807) is 0 Å². The number of aromatic amines is 1. The van der Waals surface area contributed by atoms with Gasteiger partial charge in [0.05, 0.1) is 24.2 Å². The highest BCUT2D eigenvalue weighted by Crippen LogP contribution is 2.32. The average molecular weight is 253 g/mol. The zero-order chi connectivity index (χ0) is 13.3. The van der Waals surface area contributed by atoms with Crippen molar-refractivity contribution in [1.82, 2.24) is 25.9 Å². The molecule has 0 aliphatic carbocycles. The molecule has 18 heavy (non-hydrogen) atoms. The Morgan fingerprint density at radius 3 is 2.61 bits per heavy atom. The van der Waals surface area contributed by atoms with Gasteiger partial charge < -0.3 is 10.1 Å². The molecule has 1 saturated heterocycles. The Kier molecular flexibility index (Phi) is 3.60. The lowest BCUT2D eigenvalue weighted by atomic mass is 9.88. The van der Waals surface area contributed by atoms with Crippen LogP contribution in [0.15, 0.2) is 0 Å². The van der Waals surface area contributed by atoms with Crippen molar-refractivity contribution in [3.8, 4) is 0 Å². The molecule has 1 aliphatic heterocycles. The summed E-state index contributed by atoms with van der Waals surface area (Å²) >= 11 is 0. The molecule has 1 aliphatic rings. The molecule has 5 atom stereocenters. The van der Waals surface area contributed by atoms with Crippen molar-refractivity contribution in [3.05, 3.63) is 5.82 Å². The van der Waals surface area contributed by atoms with Gasteiger partial charge in [0.25, 0.3) is 0 Å². The molecule has 100 valence electrons. The van der Waals surface area contributed by atoms with Gasteiger partial charge >= 0.3 is 0 Å². The van der Waals surface area contributed by atoms with Crippen LogP contribution in [0.3, 0.4) is 0 Å². The number of hydrogen-bond acceptors (Lipinski definition) is 5. The number of hydrogen-bond donors (Lipinski definition) is 2. The van der Waals surface area contributed by atoms with Crippen molar-refractivity contribution in [1.29, 1.82) is 0 Å². The van der Waals surface area contributed by atoms with E-state index in [0.717, 1.165) is 0 Å². The quantitative estimate of drug-likeness (QED) is 0.815. The van der Waals surface area contributed by atoms with E-state index in [-0.39, 0.29) is 36.0 Å². The summed E-state index contributed by atoms with van der Waals surface area (Å²) in [4.78, 5) is 12.2. The van der Waals surface area contributed by atoms with Crippen molar-refractivity contribution in [3.63, 3.8) is 0 Å². The van der Waals surface area contributed by atoms with Crippen molar-refractivity contribution in [2.75, 3.05) is 0 Å². The predicted octanol–water partition coefficient (Wildman–Crippen LogP) is 0.436. The van der Waals surface area contributed by atoms with Crippen LogP contribution in [0.2, 0.25) is 0 Å². The number of nitrogens with one attached hydrogen (secondary N) is 2. The lowest BCUT2D eigenvalue weighted by Crippen LogP contribution is -2.38. The summed E-state index contributed by atoms with van der Waals surface area (Å²) in [5, 5.41) is 16.5. The maximum Gasteiger partial charge on any atom is 0.226 e. The Morgan fingerprint density at radius 1 is 1.39 bits per heavy atom. The number of carbonyl (C=O) groups is 1. The molecule has 1 fully saturated rings. The molecule has 2 heterocycles. The van der Waals surface area contributed by atoms with Gasteiger partial charge in [-0.25, -0.2) is 0 Å². The summed E-state index contributed by atoms with van der Waals surface area (Å²) in [6.07, 6.45) is 0.0451. The number of tetrazole rings is 1. The van der Waals surface area contributed by atoms with Crippen LogP contribution in [-0.4, -0.2) is 38.7 Å². The van der Waals surface area contributed by atoms with Crippen LogP contribution in [0.1, 0.15) is 39.6 Å². The molecular weight excluding hydrogens is 234 g/mol. The van der Waals surface area contributed by atoms with Crippen LogP contribution < -0.4 is 5.32 Å². The first-order valence-corrected chi connectivity index (χ1v) is 6.20. The van der Waals surface area contributed by atoms with Gasteiger partial charge in [-0.3, -0.25) is 4.79 Å². The Morgan fingerprint density at radius 2 is 2.11 bits per heavy atom. The van der Waals surface area contributed by atoms with Gasteiger partial charge in [0, 0.05) is 0 Å². The van der Waals surface area contributed by atoms with Crippen molar-refractivity contribution < 1.29 is 9.53 Å². The number of amides is 1. The number of nitrogens with zero attached hydrogens (tertiary/aromatic N) is 3. The third-order valence-electron chi connectivity index (χ3n) is 3.65. The summed E-state index contributed by atoms with van der Waals surface area (Å²) < 4.78 is 5.67. The van der Waals surface area contributed by atoms with E-state index in [2.05, 4.69) is 25.9 Å². The lowest BCUT2D eigenvalue weighted by molar-refractivity contribution is -0.127. The second kappa shape index (κ2) is 5.01. The van der Waals surface area contributed by atoms with Crippen LogP contribution in [0.5, 0.6) is 0 Å². The number of rotatable bonds is 3. The summed E-state index contributed by atoms with van der Waals surface area (Å²) in [6.45, 7) is 7.80. The molecule has 7 nitrogen and oxygen atoms in total. The summed E-state index contributed by atoms with van der Waals surface area (Å²) in [6, 6.07) is -0.258. The minimum atomic E-state index is -0.258. The molecule has 1 aromatic rings. The number of H-pyrrole nitrogens is 1. The maximum absolute atomic E-state index is 12.2. The third kappa shape index (κ3) is 2.35. The Bertz CT molecular complexity index is 408. The van der Waals surface area contributed by atoms with Crippen molar-refractivity contribution >= 4 is 5.91 Å². The van der Waals surface area contributed by atoms with Gasteiger partial charge in [0.1, 0.15) is 0 Å². The monoisotopic (exact) mass is 253 g/mol. The Balaban J connectivity index is 2.00. The molecule has 2 N–H and O–H groups in total. The smallest absolute Gasteiger partial charge is 0.226 e. The first-order chi connectivity index (χ1) is 8.50. The molecule has 0 aromatic carbocycles. The minimum absolute atomic E-state index is 0.0170. The topological polar surface area (TPSA) is 92.8 Å². The van der Waals surface area contributed by atoms with E-state index in [1.165, 1.54) is 0 Å². The average Bonchev–Trinajstić information content (AvgIpc) is 2.88. The van der Waals surface area contributed by atoms with Gasteiger partial charge in [-0.2, -0.15) is 5.21 Å². The van der Waals surface area contributed by atoms with Gasteiger partial charge in [-0.05, 0) is 26.7 Å². The van der Waals surface area contributed by atoms with E-state index in [9.17, 15) is 4.79 Å². The zero-order valence-corrected chi connectivity index (χ0v) is 11.0. The van der Waals surface area contributed by atoms with Crippen LogP contribution in [-0.2, 0) is 9.53 Å². The standard InChI is InChI=1S/C11H19N5O2/c1-5-7(3)18-8(4)9(5)11(17)12-6(2)10-13-15-16-14-10/h5-9H,1-4H3,(H,12,17)(H,13,14,15,16). The first-order valence-electron chi connectivity index (χ1n) is 6.20. The van der Waals surface area contributed by atoms with E-state index in [4.69, 9.17) is 4.74 Å². The highest BCUT2D eigenvalue weighted by atomic mass is 16.5. The molecule has 0 bridgehead atoms. The second-order valence-corrected chi connectivity index (χ2v) is 4.93. The number of aromatic nitrogens is 4. The molecule has 7 heteroatoms. The molecule has 0 spiro atoms. The Hall–Kier alpha value is -1.50. The minimum Gasteiger partial charge on any atom is -0.374 e. The van der Waals surface area contributed by atoms with E-state index < -0.39 is 0 Å². The van der Waals surface area contributed by atoms with Crippen molar-refractivity contribution in [2.45, 2.75) is 45.9 Å². The van der Waals surface area contributed by atoms with Crippen LogP contribution in [0.4, 0.5) is 0 Å². The van der Waals surface area contributed by atoms with Crippen LogP contribution in [0, 0.1) is 11.8 Å². The molecule has 2 rings (SSSR count). The van der Waals surface area contributed by atoms with Gasteiger partial charge in [0.2, 0.25) is 5.91 Å². The fourth-order valence-corrected chi connectivity index (χ4v) is 2.45. The number of carbonyl (C=O) groups excluding carboxylic acids is 1. The SMILES string of the molecule is CC(NC(=O)C1C(C)OC(C)C1C)c1nn[nH]n1. The molecule has 1 aromatic heterocycles. The highest BCUT2D eigenvalue weighted by molar-refractivity contribution is 5.80. The normalized spacial score (nSPS) is 33.3. The first kappa shape index (κ1) is 12.9. The lowest BCUT2D eigenvalue weighted by Gasteiger charge is -2.19. The molecule has 5 unspecified atom stereocenters. The number of ether oxygens (including phenoxy) is 1. The van der Waals surface area contributed by atoms with Gasteiger partial charge in [-0.1, -0.05) is 12.1 Å². The van der Waals surface area contributed by atoms with E-state index in [0.29, 0.717) is 5.82 Å². The van der Waals surface area contributed by atoms with Gasteiger partial charge in [-0.15, -0.1) is 10.2 Å².